The van der Waals surface area contributed by atoms with Gasteiger partial charge in [0, 0.05) is 11.1 Å². The van der Waals surface area contributed by atoms with Crippen LogP contribution in [-0.2, 0) is 10.0 Å². The highest BCUT2D eigenvalue weighted by molar-refractivity contribution is 7.89. The number of anilines is 1. The molecule has 0 aliphatic carbocycles. The number of H-pyrrole nitrogens is 1. The predicted molar refractivity (Wildman–Crippen MR) is 91.5 cm³/mol. The molecule has 0 atom stereocenters. The van der Waals surface area contributed by atoms with Gasteiger partial charge >= 0.3 is 0 Å². The van der Waals surface area contributed by atoms with Crippen LogP contribution in [0.3, 0.4) is 0 Å². The van der Waals surface area contributed by atoms with Crippen molar-refractivity contribution in [3.8, 4) is 0 Å². The summed E-state index contributed by atoms with van der Waals surface area (Å²) in [6.45, 7) is 1.70. The molecular formula is C16H16N4O3S. The first kappa shape index (κ1) is 16.2. The van der Waals surface area contributed by atoms with Crippen LogP contribution >= 0.6 is 0 Å². The number of hydrogen-bond donors (Lipinski definition) is 3. The van der Waals surface area contributed by atoms with Crippen molar-refractivity contribution in [1.29, 1.82) is 0 Å². The van der Waals surface area contributed by atoms with E-state index in [1.807, 2.05) is 6.07 Å². The molecule has 2 aromatic carbocycles. The summed E-state index contributed by atoms with van der Waals surface area (Å²) >= 11 is 0. The molecule has 0 fully saturated rings. The first-order chi connectivity index (χ1) is 11.4. The number of para-hydroxylation sites is 1. The zero-order valence-corrected chi connectivity index (χ0v) is 13.9. The Labute approximate surface area is 139 Å². The van der Waals surface area contributed by atoms with Gasteiger partial charge in [0.05, 0.1) is 22.2 Å². The molecule has 1 aromatic heterocycles. The minimum atomic E-state index is -3.59. The van der Waals surface area contributed by atoms with Gasteiger partial charge in [-0.15, -0.1) is 0 Å². The summed E-state index contributed by atoms with van der Waals surface area (Å²) in [7, 11) is -2.25. The number of amides is 1. The molecular weight excluding hydrogens is 328 g/mol. The highest BCUT2D eigenvalue weighted by atomic mass is 32.2. The average Bonchev–Trinajstić information content (AvgIpc) is 3.05. The summed E-state index contributed by atoms with van der Waals surface area (Å²) < 4.78 is 26.3. The molecule has 0 aliphatic rings. The van der Waals surface area contributed by atoms with E-state index in [-0.39, 0.29) is 10.8 Å². The second kappa shape index (κ2) is 6.06. The van der Waals surface area contributed by atoms with Crippen LogP contribution in [0.2, 0.25) is 0 Å². The minimum absolute atomic E-state index is 0.127. The van der Waals surface area contributed by atoms with Crippen LogP contribution in [0.15, 0.2) is 47.5 Å². The first-order valence-electron chi connectivity index (χ1n) is 7.20. The number of carbonyl (C=O) groups excluding carboxylic acids is 1. The van der Waals surface area contributed by atoms with Gasteiger partial charge < -0.3 is 5.32 Å². The molecule has 0 spiro atoms. The monoisotopic (exact) mass is 344 g/mol. The molecule has 1 heterocycles. The fraction of sp³-hybridized carbons (Fsp3) is 0.125. The van der Waals surface area contributed by atoms with Crippen molar-refractivity contribution < 1.29 is 13.2 Å². The predicted octanol–water partition coefficient (Wildman–Crippen LogP) is 2.03. The van der Waals surface area contributed by atoms with Gasteiger partial charge in [0.25, 0.3) is 5.91 Å². The van der Waals surface area contributed by atoms with Gasteiger partial charge in [-0.3, -0.25) is 9.89 Å². The van der Waals surface area contributed by atoms with Crippen molar-refractivity contribution >= 4 is 32.5 Å². The zero-order chi connectivity index (χ0) is 17.3. The van der Waals surface area contributed by atoms with Gasteiger partial charge in [-0.05, 0) is 37.7 Å². The summed E-state index contributed by atoms with van der Waals surface area (Å²) in [4.78, 5) is 12.6. The number of sulfonamides is 1. The maximum Gasteiger partial charge on any atom is 0.257 e. The van der Waals surface area contributed by atoms with Crippen LogP contribution in [0.25, 0.3) is 10.9 Å². The van der Waals surface area contributed by atoms with Crippen molar-refractivity contribution in [2.75, 3.05) is 12.4 Å². The maximum atomic E-state index is 12.5. The minimum Gasteiger partial charge on any atom is -0.322 e. The lowest BCUT2D eigenvalue weighted by molar-refractivity contribution is 0.102. The van der Waals surface area contributed by atoms with E-state index in [2.05, 4.69) is 20.2 Å². The topological polar surface area (TPSA) is 104 Å². The van der Waals surface area contributed by atoms with Crippen LogP contribution < -0.4 is 10.0 Å². The van der Waals surface area contributed by atoms with Crippen LogP contribution in [0.5, 0.6) is 0 Å². The van der Waals surface area contributed by atoms with Crippen molar-refractivity contribution in [1.82, 2.24) is 14.9 Å². The van der Waals surface area contributed by atoms with Gasteiger partial charge in [-0.25, -0.2) is 13.1 Å². The second-order valence-electron chi connectivity index (χ2n) is 5.28. The Morgan fingerprint density at radius 2 is 2.00 bits per heavy atom. The average molecular weight is 344 g/mol. The molecule has 0 saturated carbocycles. The van der Waals surface area contributed by atoms with E-state index in [0.717, 1.165) is 5.39 Å². The molecule has 0 saturated heterocycles. The normalized spacial score (nSPS) is 11.6. The molecule has 0 bridgehead atoms. The number of rotatable bonds is 4. The Kier molecular flexibility index (Phi) is 4.08. The number of aromatic amines is 1. The summed E-state index contributed by atoms with van der Waals surface area (Å²) in [5, 5.41) is 10.3. The molecule has 0 unspecified atom stereocenters. The van der Waals surface area contributed by atoms with Crippen molar-refractivity contribution in [3.05, 3.63) is 53.7 Å². The molecule has 3 rings (SSSR count). The molecule has 8 heteroatoms. The third kappa shape index (κ3) is 2.89. The van der Waals surface area contributed by atoms with E-state index < -0.39 is 10.0 Å². The van der Waals surface area contributed by atoms with Crippen molar-refractivity contribution in [2.24, 2.45) is 0 Å². The van der Waals surface area contributed by atoms with Crippen LogP contribution in [0, 0.1) is 6.92 Å². The lowest BCUT2D eigenvalue weighted by atomic mass is 10.1. The van der Waals surface area contributed by atoms with Crippen molar-refractivity contribution in [3.63, 3.8) is 0 Å². The van der Waals surface area contributed by atoms with E-state index in [1.165, 1.54) is 13.1 Å². The van der Waals surface area contributed by atoms with E-state index in [9.17, 15) is 13.2 Å². The standard InChI is InChI=1S/C16H16N4O3S/c1-10-6-7-12(8-14(10)24(22,23)17-2)19-16(21)13-5-3-4-11-9-18-20-15(11)13/h3-9,17H,1-2H3,(H,18,20)(H,19,21). The van der Waals surface area contributed by atoms with E-state index >= 15 is 0 Å². The van der Waals surface area contributed by atoms with Gasteiger partial charge in [0.15, 0.2) is 0 Å². The molecule has 0 radical (unpaired) electrons. The smallest absolute Gasteiger partial charge is 0.257 e. The Morgan fingerprint density at radius 1 is 1.21 bits per heavy atom. The zero-order valence-electron chi connectivity index (χ0n) is 13.1. The molecule has 1 amide bonds. The largest absolute Gasteiger partial charge is 0.322 e. The Balaban J connectivity index is 1.96. The number of benzene rings is 2. The van der Waals surface area contributed by atoms with Gasteiger partial charge in [0.1, 0.15) is 0 Å². The molecule has 3 N–H and O–H groups in total. The third-order valence-corrected chi connectivity index (χ3v) is 5.28. The number of hydrogen-bond acceptors (Lipinski definition) is 4. The number of nitrogens with one attached hydrogen (secondary N) is 3. The molecule has 7 nitrogen and oxygen atoms in total. The van der Waals surface area contributed by atoms with E-state index in [4.69, 9.17) is 0 Å². The molecule has 24 heavy (non-hydrogen) atoms. The quantitative estimate of drug-likeness (QED) is 0.673. The SMILES string of the molecule is CNS(=O)(=O)c1cc(NC(=O)c2cccc3cn[nH]c23)ccc1C. The Hall–Kier alpha value is -2.71. The van der Waals surface area contributed by atoms with Gasteiger partial charge in [0.2, 0.25) is 10.0 Å². The Morgan fingerprint density at radius 3 is 2.75 bits per heavy atom. The summed E-state index contributed by atoms with van der Waals surface area (Å²) in [6, 6.07) is 10.0. The highest BCUT2D eigenvalue weighted by Crippen LogP contribution is 2.22. The van der Waals surface area contributed by atoms with Crippen LogP contribution in [0.4, 0.5) is 5.69 Å². The first-order valence-corrected chi connectivity index (χ1v) is 8.68. The summed E-state index contributed by atoms with van der Waals surface area (Å²) in [5.74, 6) is -0.346. The van der Waals surface area contributed by atoms with Gasteiger partial charge in [-0.1, -0.05) is 18.2 Å². The summed E-state index contributed by atoms with van der Waals surface area (Å²) in [5.41, 5.74) is 2.06. The van der Waals surface area contributed by atoms with Gasteiger partial charge in [-0.2, -0.15) is 5.10 Å². The number of nitrogens with zero attached hydrogens (tertiary/aromatic N) is 1. The van der Waals surface area contributed by atoms with Crippen LogP contribution in [-0.4, -0.2) is 31.6 Å². The number of carbonyl (C=O) groups is 1. The lowest BCUT2D eigenvalue weighted by Gasteiger charge is -2.10. The molecule has 0 aliphatic heterocycles. The Bertz CT molecular complexity index is 1020. The van der Waals surface area contributed by atoms with Crippen molar-refractivity contribution in [2.45, 2.75) is 11.8 Å². The summed E-state index contributed by atoms with van der Waals surface area (Å²) in [6.07, 6.45) is 1.63. The fourth-order valence-electron chi connectivity index (χ4n) is 2.43. The molecule has 3 aromatic rings. The molecule has 124 valence electrons. The number of aryl methyl sites for hydroxylation is 1. The number of aromatic nitrogens is 2. The lowest BCUT2D eigenvalue weighted by Crippen LogP contribution is -2.20. The second-order valence-corrected chi connectivity index (χ2v) is 7.14. The van der Waals surface area contributed by atoms with E-state index in [0.29, 0.717) is 22.3 Å². The van der Waals surface area contributed by atoms with E-state index in [1.54, 1.807) is 37.4 Å². The third-order valence-electron chi connectivity index (χ3n) is 3.73. The highest BCUT2D eigenvalue weighted by Gasteiger charge is 2.17. The number of fused-ring (bicyclic) bond motifs is 1. The fourth-order valence-corrected chi connectivity index (χ4v) is 3.43. The van der Waals surface area contributed by atoms with Crippen LogP contribution in [0.1, 0.15) is 15.9 Å². The maximum absolute atomic E-state index is 12.5.